The summed E-state index contributed by atoms with van der Waals surface area (Å²) in [5.41, 5.74) is 1.19. The van der Waals surface area contributed by atoms with Crippen molar-refractivity contribution in [3.8, 4) is 0 Å². The van der Waals surface area contributed by atoms with Gasteiger partial charge in [0.1, 0.15) is 0 Å². The lowest BCUT2D eigenvalue weighted by molar-refractivity contribution is 0.0882. The van der Waals surface area contributed by atoms with Crippen molar-refractivity contribution in [1.29, 1.82) is 0 Å². The van der Waals surface area contributed by atoms with Gasteiger partial charge in [-0.1, -0.05) is 23.7 Å². The van der Waals surface area contributed by atoms with E-state index >= 15 is 0 Å². The molecule has 0 heterocycles. The molecule has 1 rings (SSSR count). The van der Waals surface area contributed by atoms with Gasteiger partial charge in [0, 0.05) is 24.7 Å². The summed E-state index contributed by atoms with van der Waals surface area (Å²) >= 11 is 5.90. The zero-order valence-electron chi connectivity index (χ0n) is 9.46. The topological polar surface area (TPSA) is 21.3 Å². The Morgan fingerprint density at radius 2 is 2.13 bits per heavy atom. The number of ether oxygens (including phenoxy) is 1. The number of hydrogen-bond acceptors (Lipinski definition) is 2. The number of rotatable bonds is 5. The first-order chi connectivity index (χ1) is 7.13. The predicted octanol–water partition coefficient (Wildman–Crippen LogP) is 2.85. The molecule has 0 aliphatic heterocycles. The largest absolute Gasteiger partial charge is 0.380 e. The molecule has 0 saturated carbocycles. The number of hydrogen-bond donors (Lipinski definition) is 1. The molecule has 84 valence electrons. The molecular weight excluding hydrogens is 210 g/mol. The lowest BCUT2D eigenvalue weighted by Crippen LogP contribution is -2.36. The van der Waals surface area contributed by atoms with Crippen molar-refractivity contribution in [2.45, 2.75) is 32.5 Å². The van der Waals surface area contributed by atoms with Gasteiger partial charge in [-0.15, -0.1) is 0 Å². The van der Waals surface area contributed by atoms with Gasteiger partial charge in [0.2, 0.25) is 0 Å². The number of nitrogens with one attached hydrogen (secondary N) is 1. The van der Waals surface area contributed by atoms with Gasteiger partial charge in [-0.25, -0.2) is 0 Å². The zero-order valence-corrected chi connectivity index (χ0v) is 10.2. The van der Waals surface area contributed by atoms with Crippen LogP contribution in [0.5, 0.6) is 0 Å². The highest BCUT2D eigenvalue weighted by Gasteiger charge is 2.09. The Bertz CT molecular complexity index is 303. The minimum absolute atomic E-state index is 0.212. The van der Waals surface area contributed by atoms with Crippen molar-refractivity contribution < 1.29 is 4.74 Å². The molecule has 1 N–H and O–H groups in total. The molecule has 2 unspecified atom stereocenters. The van der Waals surface area contributed by atoms with E-state index in [1.54, 1.807) is 7.11 Å². The predicted molar refractivity (Wildman–Crippen MR) is 64.2 cm³/mol. The summed E-state index contributed by atoms with van der Waals surface area (Å²) in [4.78, 5) is 0. The van der Waals surface area contributed by atoms with Crippen molar-refractivity contribution in [2.75, 3.05) is 7.11 Å². The van der Waals surface area contributed by atoms with Crippen molar-refractivity contribution >= 4 is 11.6 Å². The van der Waals surface area contributed by atoms with Gasteiger partial charge in [0.05, 0.1) is 6.10 Å². The van der Waals surface area contributed by atoms with Crippen LogP contribution in [0.25, 0.3) is 0 Å². The Balaban J connectivity index is 2.43. The highest BCUT2D eigenvalue weighted by Crippen LogP contribution is 2.10. The van der Waals surface area contributed by atoms with Crippen LogP contribution >= 0.6 is 11.6 Å². The van der Waals surface area contributed by atoms with E-state index < -0.39 is 0 Å². The summed E-state index contributed by atoms with van der Waals surface area (Å²) in [7, 11) is 1.72. The average molecular weight is 228 g/mol. The molecule has 3 heteroatoms. The van der Waals surface area contributed by atoms with Crippen molar-refractivity contribution in [2.24, 2.45) is 0 Å². The molecule has 0 aliphatic carbocycles. The fourth-order valence-corrected chi connectivity index (χ4v) is 1.51. The molecule has 1 aromatic carbocycles. The highest BCUT2D eigenvalue weighted by atomic mass is 35.5. The lowest BCUT2D eigenvalue weighted by Gasteiger charge is -2.19. The van der Waals surface area contributed by atoms with Crippen molar-refractivity contribution in [3.05, 3.63) is 34.9 Å². The molecule has 1 aromatic rings. The molecule has 0 aromatic heterocycles. The van der Waals surface area contributed by atoms with E-state index in [2.05, 4.69) is 25.2 Å². The zero-order chi connectivity index (χ0) is 11.3. The van der Waals surface area contributed by atoms with E-state index in [9.17, 15) is 0 Å². The minimum Gasteiger partial charge on any atom is -0.380 e. The second-order valence-electron chi connectivity index (χ2n) is 3.74. The average Bonchev–Trinajstić information content (AvgIpc) is 2.25. The van der Waals surface area contributed by atoms with E-state index in [1.807, 2.05) is 18.2 Å². The molecule has 0 spiro atoms. The quantitative estimate of drug-likeness (QED) is 0.835. The van der Waals surface area contributed by atoms with Crippen LogP contribution in [-0.4, -0.2) is 19.3 Å². The Kier molecular flexibility index (Phi) is 5.09. The summed E-state index contributed by atoms with van der Waals surface area (Å²) in [6.07, 6.45) is 0.212. The van der Waals surface area contributed by atoms with Gasteiger partial charge in [0.15, 0.2) is 0 Å². The van der Waals surface area contributed by atoms with Crippen LogP contribution in [0, 0.1) is 0 Å². The van der Waals surface area contributed by atoms with Crippen LogP contribution in [0.4, 0.5) is 0 Å². The minimum atomic E-state index is 0.212. The molecule has 0 bridgehead atoms. The van der Waals surface area contributed by atoms with Gasteiger partial charge in [-0.2, -0.15) is 0 Å². The first-order valence-electron chi connectivity index (χ1n) is 5.14. The maximum absolute atomic E-state index is 5.90. The van der Waals surface area contributed by atoms with Crippen molar-refractivity contribution in [3.63, 3.8) is 0 Å². The van der Waals surface area contributed by atoms with E-state index in [0.29, 0.717) is 6.04 Å². The summed E-state index contributed by atoms with van der Waals surface area (Å²) in [5.74, 6) is 0. The van der Waals surface area contributed by atoms with Gasteiger partial charge in [0.25, 0.3) is 0 Å². The van der Waals surface area contributed by atoms with Crippen LogP contribution in [0.15, 0.2) is 24.3 Å². The highest BCUT2D eigenvalue weighted by molar-refractivity contribution is 6.30. The molecule has 0 fully saturated rings. The molecule has 0 radical (unpaired) electrons. The normalized spacial score (nSPS) is 14.9. The van der Waals surface area contributed by atoms with Crippen molar-refractivity contribution in [1.82, 2.24) is 5.32 Å². The smallest absolute Gasteiger partial charge is 0.0693 e. The second-order valence-corrected chi connectivity index (χ2v) is 4.18. The van der Waals surface area contributed by atoms with Crippen LogP contribution in [0.1, 0.15) is 19.4 Å². The number of methoxy groups -OCH3 is 1. The van der Waals surface area contributed by atoms with Crippen LogP contribution in [0.3, 0.4) is 0 Å². The molecule has 0 aliphatic rings. The van der Waals surface area contributed by atoms with Gasteiger partial charge in [-0.05, 0) is 31.5 Å². The number of benzene rings is 1. The summed E-state index contributed by atoms with van der Waals surface area (Å²) in [5, 5.41) is 4.17. The van der Waals surface area contributed by atoms with E-state index in [0.717, 1.165) is 11.6 Å². The number of halogens is 1. The molecular formula is C12H18ClNO. The summed E-state index contributed by atoms with van der Waals surface area (Å²) < 4.78 is 5.24. The first kappa shape index (κ1) is 12.5. The van der Waals surface area contributed by atoms with Crippen LogP contribution in [-0.2, 0) is 11.3 Å². The van der Waals surface area contributed by atoms with E-state index in [4.69, 9.17) is 16.3 Å². The molecule has 0 saturated heterocycles. The fraction of sp³-hybridized carbons (Fsp3) is 0.500. The Hall–Kier alpha value is -0.570. The Morgan fingerprint density at radius 3 is 2.73 bits per heavy atom. The molecule has 2 atom stereocenters. The summed E-state index contributed by atoms with van der Waals surface area (Å²) in [6.45, 7) is 4.98. The fourth-order valence-electron chi connectivity index (χ4n) is 1.30. The SMILES string of the molecule is COC(C)C(C)NCc1cccc(Cl)c1. The molecule has 15 heavy (non-hydrogen) atoms. The van der Waals surface area contributed by atoms with Crippen LogP contribution < -0.4 is 5.32 Å². The van der Waals surface area contributed by atoms with Gasteiger partial charge in [-0.3, -0.25) is 0 Å². The monoisotopic (exact) mass is 227 g/mol. The van der Waals surface area contributed by atoms with Crippen LogP contribution in [0.2, 0.25) is 5.02 Å². The summed E-state index contributed by atoms with van der Waals surface area (Å²) in [6, 6.07) is 8.20. The molecule has 0 amide bonds. The molecule has 2 nitrogen and oxygen atoms in total. The van der Waals surface area contributed by atoms with E-state index in [1.165, 1.54) is 5.56 Å². The maximum Gasteiger partial charge on any atom is 0.0693 e. The third kappa shape index (κ3) is 4.20. The van der Waals surface area contributed by atoms with E-state index in [-0.39, 0.29) is 6.10 Å². The first-order valence-corrected chi connectivity index (χ1v) is 5.52. The Morgan fingerprint density at radius 1 is 1.40 bits per heavy atom. The van der Waals surface area contributed by atoms with Gasteiger partial charge >= 0.3 is 0 Å². The van der Waals surface area contributed by atoms with Gasteiger partial charge < -0.3 is 10.1 Å². The second kappa shape index (κ2) is 6.11. The third-order valence-corrected chi connectivity index (χ3v) is 2.83. The third-order valence-electron chi connectivity index (χ3n) is 2.59. The lowest BCUT2D eigenvalue weighted by atomic mass is 10.2. The standard InChI is InChI=1S/C12H18ClNO/c1-9(10(2)15-3)14-8-11-5-4-6-12(13)7-11/h4-7,9-10,14H,8H2,1-3H3. The Labute approximate surface area is 96.6 Å². The maximum atomic E-state index is 5.90.